The minimum atomic E-state index is -0.100. The number of piperidine rings is 3. The third kappa shape index (κ3) is 3.70. The lowest BCUT2D eigenvalue weighted by Gasteiger charge is -2.56. The van der Waals surface area contributed by atoms with E-state index >= 15 is 0 Å². The van der Waals surface area contributed by atoms with Crippen molar-refractivity contribution < 1.29 is 19.5 Å². The Kier molecular flexibility index (Phi) is 5.23. The first kappa shape index (κ1) is 19.7. The number of hydrogen-bond acceptors (Lipinski definition) is 4. The highest BCUT2D eigenvalue weighted by Crippen LogP contribution is 2.41. The van der Waals surface area contributed by atoms with Gasteiger partial charge in [-0.2, -0.15) is 0 Å². The smallest absolute Gasteiger partial charge is 0.254 e. The number of phenolic OH excluding ortho intramolecular Hbond substituents is 1. The summed E-state index contributed by atoms with van der Waals surface area (Å²) in [7, 11) is 0. The van der Waals surface area contributed by atoms with Crippen LogP contribution >= 0.6 is 0 Å². The van der Waals surface area contributed by atoms with Crippen LogP contribution in [0.2, 0.25) is 0 Å². The summed E-state index contributed by atoms with van der Waals surface area (Å²) in [5.41, 5.74) is 1.37. The van der Waals surface area contributed by atoms with Crippen LogP contribution in [0.3, 0.4) is 0 Å². The molecule has 0 radical (unpaired) electrons. The minimum Gasteiger partial charge on any atom is -0.508 e. The first-order valence-corrected chi connectivity index (χ1v) is 10.5. The number of carbonyl (C=O) groups excluding carboxylic acids is 3. The first-order valence-electron chi connectivity index (χ1n) is 10.5. The molecule has 2 N–H and O–H groups in total. The molecular formula is C22H29N3O4. The molecule has 3 fully saturated rings. The van der Waals surface area contributed by atoms with Crippen LogP contribution in [-0.2, 0) is 9.59 Å². The topological polar surface area (TPSA) is 90.0 Å². The molecule has 0 aliphatic carbocycles. The lowest BCUT2D eigenvalue weighted by atomic mass is 9.72. The van der Waals surface area contributed by atoms with Crippen LogP contribution in [0.25, 0.3) is 0 Å². The molecule has 3 heterocycles. The van der Waals surface area contributed by atoms with E-state index in [2.05, 4.69) is 5.32 Å². The van der Waals surface area contributed by atoms with Gasteiger partial charge < -0.3 is 20.2 Å². The van der Waals surface area contributed by atoms with E-state index in [1.54, 1.807) is 18.2 Å². The maximum absolute atomic E-state index is 13.3. The molecule has 2 bridgehead atoms. The third-order valence-corrected chi connectivity index (χ3v) is 6.78. The van der Waals surface area contributed by atoms with Gasteiger partial charge in [0.1, 0.15) is 5.75 Å². The van der Waals surface area contributed by atoms with Gasteiger partial charge in [-0.1, -0.05) is 0 Å². The van der Waals surface area contributed by atoms with Crippen LogP contribution in [0, 0.1) is 18.8 Å². The van der Waals surface area contributed by atoms with Crippen LogP contribution in [0.4, 0.5) is 0 Å². The quantitative estimate of drug-likeness (QED) is 0.809. The number of likely N-dealkylation sites (tertiary alicyclic amines) is 1. The first-order chi connectivity index (χ1) is 13.8. The number of phenols is 1. The Bertz CT molecular complexity index is 839. The van der Waals surface area contributed by atoms with Crippen LogP contribution < -0.4 is 5.32 Å². The minimum absolute atomic E-state index is 0.0222. The Labute approximate surface area is 171 Å². The molecule has 156 valence electrons. The summed E-state index contributed by atoms with van der Waals surface area (Å²) in [5.74, 6) is 0.637. The molecule has 4 rings (SSSR count). The number of nitrogens with zero attached hydrogens (tertiary/aromatic N) is 2. The number of carbonyl (C=O) groups is 3. The normalized spacial score (nSPS) is 28.7. The van der Waals surface area contributed by atoms with Crippen LogP contribution in [-0.4, -0.2) is 64.3 Å². The number of hydrogen-bond donors (Lipinski definition) is 2. The SMILES string of the molecule is CC(=O)NC[C@H]1[C@H]2C[C@H](CN(C(=O)c3ccc(O)cc3C)C2)[C@@H]2CCCC(=O)N21. The molecule has 0 spiro atoms. The predicted molar refractivity (Wildman–Crippen MR) is 107 cm³/mol. The molecule has 3 aliphatic heterocycles. The summed E-state index contributed by atoms with van der Waals surface area (Å²) in [6, 6.07) is 4.92. The van der Waals surface area contributed by atoms with Crippen molar-refractivity contribution in [3.05, 3.63) is 29.3 Å². The Morgan fingerprint density at radius 1 is 1.24 bits per heavy atom. The van der Waals surface area contributed by atoms with Crippen molar-refractivity contribution in [3.8, 4) is 5.75 Å². The number of fused-ring (bicyclic) bond motifs is 4. The maximum atomic E-state index is 13.3. The standard InChI is InChI=1S/C22H29N3O4/c1-13-8-17(27)6-7-18(13)22(29)24-11-15-9-16(12-24)20(10-23-14(2)26)25-19(15)4-3-5-21(25)28/h6-8,15-16,19-20,27H,3-5,9-12H2,1-2H3,(H,23,26)/t15-,16+,19+,20+/m1/s1. The van der Waals surface area contributed by atoms with Crippen molar-refractivity contribution in [2.75, 3.05) is 19.6 Å². The zero-order valence-corrected chi connectivity index (χ0v) is 17.1. The number of nitrogens with one attached hydrogen (secondary N) is 1. The highest BCUT2D eigenvalue weighted by molar-refractivity contribution is 5.96. The Morgan fingerprint density at radius 3 is 2.72 bits per heavy atom. The van der Waals surface area contributed by atoms with E-state index in [0.29, 0.717) is 31.6 Å². The summed E-state index contributed by atoms with van der Waals surface area (Å²) in [6.07, 6.45) is 3.40. The number of aryl methyl sites for hydroxylation is 1. The van der Waals surface area contributed by atoms with Gasteiger partial charge in [-0.05, 0) is 61.8 Å². The second-order valence-electron chi connectivity index (χ2n) is 8.73. The summed E-state index contributed by atoms with van der Waals surface area (Å²) in [6.45, 7) is 4.99. The van der Waals surface area contributed by atoms with Gasteiger partial charge in [-0.15, -0.1) is 0 Å². The molecule has 3 saturated heterocycles. The van der Waals surface area contributed by atoms with Gasteiger partial charge in [0.15, 0.2) is 0 Å². The third-order valence-electron chi connectivity index (χ3n) is 6.78. The molecule has 1 aromatic rings. The van der Waals surface area contributed by atoms with Crippen molar-refractivity contribution >= 4 is 17.7 Å². The molecule has 7 heteroatoms. The van der Waals surface area contributed by atoms with Crippen molar-refractivity contribution in [1.29, 1.82) is 0 Å². The Morgan fingerprint density at radius 2 is 2.00 bits per heavy atom. The van der Waals surface area contributed by atoms with Crippen LogP contribution in [0.1, 0.15) is 48.5 Å². The molecule has 1 aromatic carbocycles. The molecule has 0 saturated carbocycles. The number of rotatable bonds is 3. The largest absolute Gasteiger partial charge is 0.508 e. The van der Waals surface area contributed by atoms with E-state index in [9.17, 15) is 19.5 Å². The predicted octanol–water partition coefficient (Wildman–Crippen LogP) is 1.68. The van der Waals surface area contributed by atoms with Crippen molar-refractivity contribution in [1.82, 2.24) is 15.1 Å². The summed E-state index contributed by atoms with van der Waals surface area (Å²) >= 11 is 0. The summed E-state index contributed by atoms with van der Waals surface area (Å²) in [4.78, 5) is 41.5. The van der Waals surface area contributed by atoms with Crippen LogP contribution in [0.5, 0.6) is 5.75 Å². The van der Waals surface area contributed by atoms with E-state index in [1.165, 1.54) is 6.92 Å². The monoisotopic (exact) mass is 399 g/mol. The molecule has 3 amide bonds. The van der Waals surface area contributed by atoms with E-state index in [4.69, 9.17) is 0 Å². The zero-order chi connectivity index (χ0) is 20.7. The van der Waals surface area contributed by atoms with Gasteiger partial charge in [0, 0.05) is 44.6 Å². The Balaban J connectivity index is 1.60. The van der Waals surface area contributed by atoms with E-state index in [0.717, 1.165) is 24.8 Å². The molecule has 3 aliphatic rings. The van der Waals surface area contributed by atoms with E-state index in [1.807, 2.05) is 16.7 Å². The fraction of sp³-hybridized carbons (Fsp3) is 0.591. The number of amides is 3. The van der Waals surface area contributed by atoms with Gasteiger partial charge in [0.2, 0.25) is 11.8 Å². The van der Waals surface area contributed by atoms with Crippen molar-refractivity contribution in [3.63, 3.8) is 0 Å². The maximum Gasteiger partial charge on any atom is 0.254 e. The lowest BCUT2D eigenvalue weighted by Crippen LogP contribution is -2.67. The molecular weight excluding hydrogens is 370 g/mol. The van der Waals surface area contributed by atoms with Gasteiger partial charge in [-0.25, -0.2) is 0 Å². The Hall–Kier alpha value is -2.57. The second-order valence-corrected chi connectivity index (χ2v) is 8.73. The van der Waals surface area contributed by atoms with Gasteiger partial charge >= 0.3 is 0 Å². The summed E-state index contributed by atoms with van der Waals surface area (Å²) < 4.78 is 0. The van der Waals surface area contributed by atoms with Gasteiger partial charge in [0.05, 0.1) is 6.04 Å². The van der Waals surface area contributed by atoms with Gasteiger partial charge in [0.25, 0.3) is 5.91 Å². The average molecular weight is 399 g/mol. The highest BCUT2D eigenvalue weighted by Gasteiger charge is 2.50. The number of benzene rings is 1. The molecule has 0 aromatic heterocycles. The van der Waals surface area contributed by atoms with Gasteiger partial charge in [-0.3, -0.25) is 14.4 Å². The van der Waals surface area contributed by atoms with E-state index < -0.39 is 0 Å². The highest BCUT2D eigenvalue weighted by atomic mass is 16.3. The molecule has 0 unspecified atom stereocenters. The van der Waals surface area contributed by atoms with E-state index in [-0.39, 0.29) is 47.4 Å². The average Bonchev–Trinajstić information content (AvgIpc) is 2.67. The number of aromatic hydroxyl groups is 1. The van der Waals surface area contributed by atoms with Crippen LogP contribution in [0.15, 0.2) is 18.2 Å². The fourth-order valence-corrected chi connectivity index (χ4v) is 5.51. The molecule has 29 heavy (non-hydrogen) atoms. The molecule has 7 nitrogen and oxygen atoms in total. The second kappa shape index (κ2) is 7.69. The summed E-state index contributed by atoms with van der Waals surface area (Å²) in [5, 5.41) is 12.6. The zero-order valence-electron chi connectivity index (χ0n) is 17.1. The van der Waals surface area contributed by atoms with Crippen molar-refractivity contribution in [2.45, 2.75) is 51.6 Å². The van der Waals surface area contributed by atoms with Crippen molar-refractivity contribution in [2.24, 2.45) is 11.8 Å². The fourth-order valence-electron chi connectivity index (χ4n) is 5.51. The molecule has 4 atom stereocenters. The lowest BCUT2D eigenvalue weighted by molar-refractivity contribution is -0.151.